The molecule has 0 spiro atoms. The van der Waals surface area contributed by atoms with Crippen LogP contribution in [0, 0.1) is 5.82 Å². The standard InChI is InChI=1S/C21H18FN7O2S/c1-32-21-24-11-16(29(21)15-9-7-13(22)8-10-15)18(30)31-12-17-26-19(23)28-20(27-17)25-14-5-3-2-4-6-14/h2-11H,12H2,1H3,(H3,23,25,26,27,28). The molecule has 2 heterocycles. The second-order valence-electron chi connectivity index (χ2n) is 6.44. The topological polar surface area (TPSA) is 121 Å². The van der Waals surface area contributed by atoms with E-state index in [1.165, 1.54) is 30.1 Å². The molecule has 0 radical (unpaired) electrons. The summed E-state index contributed by atoms with van der Waals surface area (Å²) in [4.78, 5) is 29.3. The number of aromatic nitrogens is 5. The lowest BCUT2D eigenvalue weighted by molar-refractivity contribution is 0.0452. The molecular weight excluding hydrogens is 433 g/mol. The molecule has 32 heavy (non-hydrogen) atoms. The number of halogens is 1. The van der Waals surface area contributed by atoms with Gasteiger partial charge in [0.1, 0.15) is 5.82 Å². The van der Waals surface area contributed by atoms with Crippen molar-refractivity contribution in [3.63, 3.8) is 0 Å². The van der Waals surface area contributed by atoms with Crippen LogP contribution >= 0.6 is 11.8 Å². The summed E-state index contributed by atoms with van der Waals surface area (Å²) in [5.74, 6) is -0.613. The number of carbonyl (C=O) groups is 1. The number of nitrogens with zero attached hydrogens (tertiary/aromatic N) is 5. The average molecular weight is 451 g/mol. The fraction of sp³-hybridized carbons (Fsp3) is 0.0952. The third-order valence-corrected chi connectivity index (χ3v) is 4.92. The summed E-state index contributed by atoms with van der Waals surface area (Å²) in [6, 6.07) is 15.0. The van der Waals surface area contributed by atoms with Gasteiger partial charge in [-0.05, 0) is 42.7 Å². The Morgan fingerprint density at radius 1 is 1.12 bits per heavy atom. The first-order chi connectivity index (χ1) is 15.5. The molecule has 0 bridgehead atoms. The smallest absolute Gasteiger partial charge is 0.357 e. The van der Waals surface area contributed by atoms with Crippen LogP contribution in [0.1, 0.15) is 16.3 Å². The third kappa shape index (κ3) is 4.83. The second-order valence-corrected chi connectivity index (χ2v) is 7.22. The van der Waals surface area contributed by atoms with Crippen LogP contribution in [0.2, 0.25) is 0 Å². The monoisotopic (exact) mass is 451 g/mol. The number of hydrogen-bond acceptors (Lipinski definition) is 9. The predicted molar refractivity (Wildman–Crippen MR) is 118 cm³/mol. The van der Waals surface area contributed by atoms with Gasteiger partial charge in [0.25, 0.3) is 0 Å². The highest BCUT2D eigenvalue weighted by atomic mass is 32.2. The van der Waals surface area contributed by atoms with E-state index in [2.05, 4.69) is 25.3 Å². The molecule has 3 N–H and O–H groups in total. The van der Waals surface area contributed by atoms with Gasteiger partial charge in [0.05, 0.1) is 6.20 Å². The minimum absolute atomic E-state index is 0.00879. The number of nitrogens with two attached hydrogens (primary N) is 1. The summed E-state index contributed by atoms with van der Waals surface area (Å²) in [5, 5.41) is 3.58. The summed E-state index contributed by atoms with van der Waals surface area (Å²) in [6.07, 6.45) is 3.23. The molecule has 0 atom stereocenters. The molecule has 2 aromatic carbocycles. The lowest BCUT2D eigenvalue weighted by atomic mass is 10.3. The van der Waals surface area contributed by atoms with Gasteiger partial charge in [0, 0.05) is 11.4 Å². The van der Waals surface area contributed by atoms with E-state index in [0.29, 0.717) is 10.8 Å². The average Bonchev–Trinajstić information content (AvgIpc) is 3.22. The number of thioether (sulfide) groups is 1. The number of para-hydroxylation sites is 1. The summed E-state index contributed by atoms with van der Waals surface area (Å²) in [7, 11) is 0. The van der Waals surface area contributed by atoms with Gasteiger partial charge in [-0.25, -0.2) is 14.2 Å². The maximum atomic E-state index is 13.3. The number of hydrogen-bond donors (Lipinski definition) is 2. The molecule has 9 nitrogen and oxygen atoms in total. The van der Waals surface area contributed by atoms with Crippen molar-refractivity contribution in [3.05, 3.63) is 78.1 Å². The third-order valence-electron chi connectivity index (χ3n) is 4.27. The Morgan fingerprint density at radius 2 is 1.88 bits per heavy atom. The van der Waals surface area contributed by atoms with Crippen molar-refractivity contribution in [2.75, 3.05) is 17.3 Å². The minimum Gasteiger partial charge on any atom is -0.453 e. The summed E-state index contributed by atoms with van der Waals surface area (Å²) in [5.41, 5.74) is 7.31. The van der Waals surface area contributed by atoms with Crippen LogP contribution in [-0.4, -0.2) is 36.7 Å². The largest absolute Gasteiger partial charge is 0.453 e. The minimum atomic E-state index is -0.640. The van der Waals surface area contributed by atoms with Gasteiger partial charge in [0.2, 0.25) is 11.9 Å². The fourth-order valence-corrected chi connectivity index (χ4v) is 3.42. The number of carbonyl (C=O) groups excluding carboxylic acids is 1. The van der Waals surface area contributed by atoms with Crippen LogP contribution in [0.15, 0.2) is 66.0 Å². The van der Waals surface area contributed by atoms with E-state index in [1.54, 1.807) is 16.7 Å². The molecule has 0 aliphatic heterocycles. The molecule has 0 fully saturated rings. The number of ether oxygens (including phenoxy) is 1. The zero-order valence-electron chi connectivity index (χ0n) is 16.9. The van der Waals surface area contributed by atoms with Gasteiger partial charge in [-0.1, -0.05) is 30.0 Å². The first-order valence-electron chi connectivity index (χ1n) is 9.41. The predicted octanol–water partition coefficient (Wildman–Crippen LogP) is 3.60. The Kier molecular flexibility index (Phi) is 6.26. The zero-order chi connectivity index (χ0) is 22.5. The highest BCUT2D eigenvalue weighted by Gasteiger charge is 2.20. The normalized spacial score (nSPS) is 10.7. The first kappa shape index (κ1) is 21.2. The van der Waals surface area contributed by atoms with Crippen LogP contribution in [0.25, 0.3) is 5.69 Å². The van der Waals surface area contributed by atoms with E-state index >= 15 is 0 Å². The van der Waals surface area contributed by atoms with Crippen molar-refractivity contribution in [1.82, 2.24) is 24.5 Å². The highest BCUT2D eigenvalue weighted by Crippen LogP contribution is 2.23. The van der Waals surface area contributed by atoms with Gasteiger partial charge in [-0.15, -0.1) is 0 Å². The molecule has 162 valence electrons. The van der Waals surface area contributed by atoms with Crippen molar-refractivity contribution in [1.29, 1.82) is 0 Å². The van der Waals surface area contributed by atoms with Gasteiger partial charge >= 0.3 is 5.97 Å². The fourth-order valence-electron chi connectivity index (χ4n) is 2.88. The maximum absolute atomic E-state index is 13.3. The maximum Gasteiger partial charge on any atom is 0.357 e. The van der Waals surface area contributed by atoms with Crippen molar-refractivity contribution in [2.24, 2.45) is 0 Å². The van der Waals surface area contributed by atoms with Crippen molar-refractivity contribution in [3.8, 4) is 5.69 Å². The molecular formula is C21H18FN7O2S. The summed E-state index contributed by atoms with van der Waals surface area (Å²) < 4.78 is 20.3. The van der Waals surface area contributed by atoms with E-state index in [0.717, 1.165) is 5.69 Å². The van der Waals surface area contributed by atoms with Gasteiger partial charge < -0.3 is 15.8 Å². The number of nitrogen functional groups attached to an aromatic ring is 1. The van der Waals surface area contributed by atoms with Crippen LogP contribution < -0.4 is 11.1 Å². The Morgan fingerprint density at radius 3 is 2.59 bits per heavy atom. The Hall–Kier alpha value is -3.99. The Balaban J connectivity index is 1.52. The van der Waals surface area contributed by atoms with Gasteiger partial charge in [-0.3, -0.25) is 4.57 Å². The van der Waals surface area contributed by atoms with Crippen molar-refractivity contribution < 1.29 is 13.9 Å². The van der Waals surface area contributed by atoms with Crippen LogP contribution in [-0.2, 0) is 11.3 Å². The highest BCUT2D eigenvalue weighted by molar-refractivity contribution is 7.98. The Bertz CT molecular complexity index is 1230. The molecule has 0 saturated heterocycles. The van der Waals surface area contributed by atoms with E-state index in [9.17, 15) is 9.18 Å². The van der Waals surface area contributed by atoms with E-state index in [-0.39, 0.29) is 35.8 Å². The van der Waals surface area contributed by atoms with E-state index in [4.69, 9.17) is 10.5 Å². The summed E-state index contributed by atoms with van der Waals surface area (Å²) in [6.45, 7) is -0.224. The number of esters is 1. The Labute approximate surface area is 186 Å². The molecule has 4 rings (SSSR count). The first-order valence-corrected chi connectivity index (χ1v) is 10.6. The van der Waals surface area contributed by atoms with Crippen molar-refractivity contribution >= 4 is 35.3 Å². The number of rotatable bonds is 7. The molecule has 11 heteroatoms. The number of anilines is 3. The quantitative estimate of drug-likeness (QED) is 0.321. The van der Waals surface area contributed by atoms with Gasteiger partial charge in [-0.2, -0.15) is 15.0 Å². The van der Waals surface area contributed by atoms with Crippen molar-refractivity contribution in [2.45, 2.75) is 11.8 Å². The zero-order valence-corrected chi connectivity index (χ0v) is 17.7. The molecule has 0 saturated carbocycles. The van der Waals surface area contributed by atoms with E-state index in [1.807, 2.05) is 36.6 Å². The lowest BCUT2D eigenvalue weighted by Crippen LogP contribution is -2.14. The lowest BCUT2D eigenvalue weighted by Gasteiger charge is -2.11. The molecule has 0 unspecified atom stereocenters. The molecule has 0 amide bonds. The molecule has 0 aliphatic carbocycles. The number of benzene rings is 2. The molecule has 4 aromatic rings. The SMILES string of the molecule is CSc1ncc(C(=O)OCc2nc(N)nc(Nc3ccccc3)n2)n1-c1ccc(F)cc1. The molecule has 2 aromatic heterocycles. The van der Waals surface area contributed by atoms with Crippen LogP contribution in [0.4, 0.5) is 22.0 Å². The summed E-state index contributed by atoms with van der Waals surface area (Å²) >= 11 is 1.34. The van der Waals surface area contributed by atoms with Crippen LogP contribution in [0.5, 0.6) is 0 Å². The van der Waals surface area contributed by atoms with Gasteiger partial charge in [0.15, 0.2) is 23.3 Å². The van der Waals surface area contributed by atoms with Crippen LogP contribution in [0.3, 0.4) is 0 Å². The molecule has 0 aliphatic rings. The van der Waals surface area contributed by atoms with E-state index < -0.39 is 5.97 Å². The second kappa shape index (κ2) is 9.43. The number of imidazole rings is 1. The number of nitrogens with one attached hydrogen (secondary N) is 1.